The molecular formula is C36H70O13. The number of rotatable bonds is 35. The molecule has 13 nitrogen and oxygen atoms in total. The summed E-state index contributed by atoms with van der Waals surface area (Å²) in [6, 6.07) is 0. The van der Waals surface area contributed by atoms with Gasteiger partial charge in [-0.3, -0.25) is 9.59 Å². The highest BCUT2D eigenvalue weighted by molar-refractivity contribution is 5.78. The van der Waals surface area contributed by atoms with Crippen LogP contribution in [0.1, 0.15) is 133 Å². The molecule has 0 rings (SSSR count). The van der Waals surface area contributed by atoms with Crippen LogP contribution in [0, 0.1) is 5.41 Å². The van der Waals surface area contributed by atoms with Gasteiger partial charge < -0.3 is 52.8 Å². The van der Waals surface area contributed by atoms with E-state index in [9.17, 15) is 19.8 Å². The summed E-state index contributed by atoms with van der Waals surface area (Å²) in [5.41, 5.74) is -2.37. The van der Waals surface area contributed by atoms with Crippen LogP contribution < -0.4 is 0 Å². The van der Waals surface area contributed by atoms with E-state index in [4.69, 9.17) is 42.6 Å². The van der Waals surface area contributed by atoms with E-state index in [2.05, 4.69) is 13.8 Å². The Bertz CT molecular complexity index is 837. The maximum absolute atomic E-state index is 14.6. The molecule has 0 bridgehead atoms. The zero-order valence-electron chi connectivity index (χ0n) is 32.1. The first kappa shape index (κ1) is 47.6. The highest BCUT2D eigenvalue weighted by Crippen LogP contribution is 2.59. The van der Waals surface area contributed by atoms with Crippen LogP contribution in [0.3, 0.4) is 0 Å². The lowest BCUT2D eigenvalue weighted by atomic mass is 9.65. The van der Waals surface area contributed by atoms with Crippen molar-refractivity contribution in [3.05, 3.63) is 0 Å². The van der Waals surface area contributed by atoms with Crippen LogP contribution in [0.2, 0.25) is 0 Å². The van der Waals surface area contributed by atoms with Gasteiger partial charge in [-0.05, 0) is 74.1 Å². The molecule has 0 fully saturated rings. The molecule has 0 heterocycles. The third kappa shape index (κ3) is 12.3. The van der Waals surface area contributed by atoms with Crippen molar-refractivity contribution in [3.8, 4) is 0 Å². The summed E-state index contributed by atoms with van der Waals surface area (Å²) in [4.78, 5) is 26.0. The molecule has 0 amide bonds. The van der Waals surface area contributed by atoms with Crippen molar-refractivity contribution in [2.75, 3.05) is 59.5 Å². The van der Waals surface area contributed by atoms with Crippen molar-refractivity contribution in [1.29, 1.82) is 0 Å². The molecule has 2 atom stereocenters. The number of carboxylic acids is 2. The molecule has 0 saturated heterocycles. The van der Waals surface area contributed by atoms with Crippen LogP contribution in [0.15, 0.2) is 0 Å². The Morgan fingerprint density at radius 2 is 1.04 bits per heavy atom. The van der Waals surface area contributed by atoms with E-state index in [1.807, 2.05) is 0 Å². The number of hydrogen-bond donors (Lipinski definition) is 2. The fourth-order valence-electron chi connectivity index (χ4n) is 6.30. The van der Waals surface area contributed by atoms with Gasteiger partial charge in [-0.1, -0.05) is 52.4 Å². The summed E-state index contributed by atoms with van der Waals surface area (Å²) >= 11 is 0. The Morgan fingerprint density at radius 3 is 1.47 bits per heavy atom. The molecule has 0 radical (unpaired) electrons. The lowest BCUT2D eigenvalue weighted by Crippen LogP contribution is -2.81. The van der Waals surface area contributed by atoms with Crippen LogP contribution in [-0.4, -0.2) is 105 Å². The molecule has 292 valence electrons. The fraction of sp³-hybridized carbons (Fsp3) is 0.944. The van der Waals surface area contributed by atoms with Gasteiger partial charge in [-0.2, -0.15) is 0 Å². The van der Waals surface area contributed by atoms with Crippen molar-refractivity contribution in [2.24, 2.45) is 5.41 Å². The van der Waals surface area contributed by atoms with Crippen LogP contribution >= 0.6 is 0 Å². The SMILES string of the molecule is CCCCCOC(OCC)C(OCC)(OCC)C(CCCCCC(=O)O)(C(=O)O)C(OCC)(OCC)C(OCC)(OCC)OCCCCC. The number of hydrogen-bond acceptors (Lipinski definition) is 11. The summed E-state index contributed by atoms with van der Waals surface area (Å²) in [5.74, 6) is -9.21. The first-order chi connectivity index (χ1) is 23.6. The highest BCUT2D eigenvalue weighted by atomic mass is 16.9. The second kappa shape index (κ2) is 26.4. The molecule has 0 aliphatic rings. The Balaban J connectivity index is 8.45. The molecule has 0 aromatic heterocycles. The standard InChI is InChI=1S/C36H70O13/c1-10-19-24-28-42-32(41-12-3)34(43-13-4,44-14-5)33(31(39)40,27-23-21-22-26-30(37)38)35(45-15-6,46-16-7)36(47-17-8,48-18-9)49-29-25-20-11-2/h32H,10-29H2,1-9H3,(H,37,38)(H,39,40). The molecule has 49 heavy (non-hydrogen) atoms. The third-order valence-electron chi connectivity index (χ3n) is 8.13. The van der Waals surface area contributed by atoms with Crippen molar-refractivity contribution < 1.29 is 62.4 Å². The zero-order chi connectivity index (χ0) is 37.2. The molecule has 0 aliphatic heterocycles. The second-order valence-corrected chi connectivity index (χ2v) is 11.5. The predicted molar refractivity (Wildman–Crippen MR) is 185 cm³/mol. The highest BCUT2D eigenvalue weighted by Gasteiger charge is 2.82. The first-order valence-corrected chi connectivity index (χ1v) is 18.7. The van der Waals surface area contributed by atoms with E-state index in [0.717, 1.165) is 25.7 Å². The lowest BCUT2D eigenvalue weighted by molar-refractivity contribution is -0.543. The summed E-state index contributed by atoms with van der Waals surface area (Å²) in [5, 5.41) is 21.2. The van der Waals surface area contributed by atoms with Crippen molar-refractivity contribution in [3.63, 3.8) is 0 Å². The van der Waals surface area contributed by atoms with Gasteiger partial charge in [0.15, 0.2) is 5.41 Å². The monoisotopic (exact) mass is 710 g/mol. The Morgan fingerprint density at radius 1 is 0.531 bits per heavy atom. The molecular weight excluding hydrogens is 640 g/mol. The zero-order valence-corrected chi connectivity index (χ0v) is 32.1. The molecule has 13 heteroatoms. The van der Waals surface area contributed by atoms with E-state index in [-0.39, 0.29) is 78.7 Å². The van der Waals surface area contributed by atoms with Crippen molar-refractivity contribution in [2.45, 2.75) is 157 Å². The number of unbranched alkanes of at least 4 members (excludes halogenated alkanes) is 6. The number of ether oxygens (including phenoxy) is 9. The Labute approximate surface area is 295 Å². The van der Waals surface area contributed by atoms with E-state index in [1.165, 1.54) is 0 Å². The van der Waals surface area contributed by atoms with Gasteiger partial charge in [0.2, 0.25) is 12.1 Å². The van der Waals surface area contributed by atoms with Crippen molar-refractivity contribution >= 4 is 11.9 Å². The van der Waals surface area contributed by atoms with Gasteiger partial charge in [-0.15, -0.1) is 0 Å². The van der Waals surface area contributed by atoms with E-state index in [0.29, 0.717) is 25.7 Å². The molecule has 2 unspecified atom stereocenters. The smallest absolute Gasteiger partial charge is 0.342 e. The predicted octanol–water partition coefficient (Wildman–Crippen LogP) is 7.13. The molecule has 0 saturated carbocycles. The molecule has 0 aliphatic carbocycles. The summed E-state index contributed by atoms with van der Waals surface area (Å²) in [6.45, 7) is 16.8. The minimum Gasteiger partial charge on any atom is -0.481 e. The normalized spacial score (nSPS) is 14.6. The maximum atomic E-state index is 14.6. The first-order valence-electron chi connectivity index (χ1n) is 18.7. The number of aliphatic carboxylic acids is 2. The largest absolute Gasteiger partial charge is 0.481 e. The topological polar surface area (TPSA) is 158 Å². The van der Waals surface area contributed by atoms with E-state index < -0.39 is 41.2 Å². The lowest BCUT2D eigenvalue weighted by Gasteiger charge is -2.60. The van der Waals surface area contributed by atoms with E-state index >= 15 is 0 Å². The van der Waals surface area contributed by atoms with Gasteiger partial charge in [-0.25, -0.2) is 0 Å². The molecule has 0 spiro atoms. The average Bonchev–Trinajstić information content (AvgIpc) is 3.06. The van der Waals surface area contributed by atoms with Gasteiger partial charge in [0, 0.05) is 59.3 Å². The third-order valence-corrected chi connectivity index (χ3v) is 8.13. The van der Waals surface area contributed by atoms with Gasteiger partial charge in [0.05, 0.1) is 6.61 Å². The summed E-state index contributed by atoms with van der Waals surface area (Å²) < 4.78 is 58.5. The van der Waals surface area contributed by atoms with Gasteiger partial charge in [0.1, 0.15) is 0 Å². The van der Waals surface area contributed by atoms with Gasteiger partial charge in [0.25, 0.3) is 5.79 Å². The number of carbonyl (C=O) groups is 2. The number of carboxylic acid groups (broad SMARTS) is 2. The summed E-state index contributed by atoms with van der Waals surface area (Å²) in [6.07, 6.45) is 4.14. The minimum absolute atomic E-state index is 0.00209. The summed E-state index contributed by atoms with van der Waals surface area (Å²) in [7, 11) is 0. The fourth-order valence-corrected chi connectivity index (χ4v) is 6.30. The second-order valence-electron chi connectivity index (χ2n) is 11.5. The minimum atomic E-state index is -2.40. The Hall–Kier alpha value is -1.42. The average molecular weight is 711 g/mol. The molecule has 0 aromatic rings. The van der Waals surface area contributed by atoms with Crippen LogP contribution in [0.25, 0.3) is 0 Å². The van der Waals surface area contributed by atoms with Gasteiger partial charge >= 0.3 is 17.9 Å². The van der Waals surface area contributed by atoms with Crippen molar-refractivity contribution in [1.82, 2.24) is 0 Å². The van der Waals surface area contributed by atoms with Crippen LogP contribution in [0.4, 0.5) is 0 Å². The Kier molecular flexibility index (Phi) is 25.6. The van der Waals surface area contributed by atoms with Crippen LogP contribution in [0.5, 0.6) is 0 Å². The maximum Gasteiger partial charge on any atom is 0.342 e. The molecule has 0 aromatic carbocycles. The van der Waals surface area contributed by atoms with E-state index in [1.54, 1.807) is 48.5 Å². The molecule has 2 N–H and O–H groups in total. The quantitative estimate of drug-likeness (QED) is 0.0506. The van der Waals surface area contributed by atoms with Crippen LogP contribution in [-0.2, 0) is 52.2 Å².